The van der Waals surface area contributed by atoms with Gasteiger partial charge >= 0.3 is 0 Å². The third-order valence-corrected chi connectivity index (χ3v) is 4.45. The maximum Gasteiger partial charge on any atom is 0.0807 e. The monoisotopic (exact) mass is 271 g/mol. The van der Waals surface area contributed by atoms with Crippen molar-refractivity contribution >= 4 is 0 Å². The van der Waals surface area contributed by atoms with Gasteiger partial charge in [-0.15, -0.1) is 0 Å². The van der Waals surface area contributed by atoms with Gasteiger partial charge in [-0.1, -0.05) is 20.8 Å². The molecular weight excluding hydrogens is 238 g/mol. The fourth-order valence-electron chi connectivity index (χ4n) is 3.04. The van der Waals surface area contributed by atoms with Gasteiger partial charge in [0.25, 0.3) is 0 Å². The highest BCUT2D eigenvalue weighted by Gasteiger charge is 2.36. The number of hydrogen-bond acceptors (Lipinski definition) is 3. The molecule has 0 saturated heterocycles. The Morgan fingerprint density at radius 3 is 2.42 bits per heavy atom. The molecule has 1 aliphatic rings. The van der Waals surface area contributed by atoms with E-state index in [0.717, 1.165) is 31.5 Å². The van der Waals surface area contributed by atoms with Crippen molar-refractivity contribution in [2.24, 2.45) is 11.8 Å². The normalized spacial score (nSPS) is 27.9. The lowest BCUT2D eigenvalue weighted by Crippen LogP contribution is -2.47. The summed E-state index contributed by atoms with van der Waals surface area (Å²) in [7, 11) is 1.74. The second kappa shape index (κ2) is 8.93. The van der Waals surface area contributed by atoms with Crippen LogP contribution in [0, 0.1) is 11.8 Å². The van der Waals surface area contributed by atoms with Crippen LogP contribution in [0.4, 0.5) is 0 Å². The molecule has 19 heavy (non-hydrogen) atoms. The summed E-state index contributed by atoms with van der Waals surface area (Å²) in [6.45, 7) is 10.4. The smallest absolute Gasteiger partial charge is 0.0807 e. The van der Waals surface area contributed by atoms with Crippen LogP contribution in [0.3, 0.4) is 0 Å². The van der Waals surface area contributed by atoms with E-state index in [1.54, 1.807) is 7.11 Å². The first kappa shape index (κ1) is 16.9. The Bertz CT molecular complexity index is 211. The molecule has 0 heterocycles. The van der Waals surface area contributed by atoms with Crippen LogP contribution < -0.4 is 5.32 Å². The van der Waals surface area contributed by atoms with Crippen molar-refractivity contribution < 1.29 is 9.47 Å². The van der Waals surface area contributed by atoms with Crippen LogP contribution in [0.15, 0.2) is 0 Å². The van der Waals surface area contributed by atoms with Crippen molar-refractivity contribution in [2.75, 3.05) is 33.4 Å². The van der Waals surface area contributed by atoms with Crippen LogP contribution >= 0.6 is 0 Å². The summed E-state index contributed by atoms with van der Waals surface area (Å²) in [4.78, 5) is 0. The predicted molar refractivity (Wildman–Crippen MR) is 80.5 cm³/mol. The summed E-state index contributed by atoms with van der Waals surface area (Å²) < 4.78 is 11.3. The highest BCUT2D eigenvalue weighted by Crippen LogP contribution is 2.37. The molecule has 0 unspecified atom stereocenters. The fraction of sp³-hybridized carbons (Fsp3) is 1.00. The molecule has 1 aliphatic carbocycles. The molecule has 1 saturated carbocycles. The van der Waals surface area contributed by atoms with Crippen LogP contribution in [-0.2, 0) is 9.47 Å². The number of ether oxygens (including phenoxy) is 2. The van der Waals surface area contributed by atoms with E-state index >= 15 is 0 Å². The zero-order valence-corrected chi connectivity index (χ0v) is 13.3. The third kappa shape index (κ3) is 5.80. The topological polar surface area (TPSA) is 30.5 Å². The maximum absolute atomic E-state index is 6.20. The summed E-state index contributed by atoms with van der Waals surface area (Å²) >= 11 is 0. The van der Waals surface area contributed by atoms with E-state index in [1.807, 2.05) is 0 Å². The summed E-state index contributed by atoms with van der Waals surface area (Å²) in [6, 6.07) is 0. The third-order valence-electron chi connectivity index (χ3n) is 4.45. The Kier molecular flexibility index (Phi) is 7.96. The average Bonchev–Trinajstić information content (AvgIpc) is 2.40. The van der Waals surface area contributed by atoms with E-state index in [4.69, 9.17) is 9.47 Å². The molecule has 1 fully saturated rings. The Balaban J connectivity index is 2.46. The van der Waals surface area contributed by atoms with Gasteiger partial charge in [-0.25, -0.2) is 0 Å². The van der Waals surface area contributed by atoms with Crippen molar-refractivity contribution in [3.63, 3.8) is 0 Å². The summed E-state index contributed by atoms with van der Waals surface area (Å²) in [5.74, 6) is 1.69. The first-order valence-electron chi connectivity index (χ1n) is 7.97. The van der Waals surface area contributed by atoms with Gasteiger partial charge in [0.2, 0.25) is 0 Å². The molecule has 0 radical (unpaired) electrons. The van der Waals surface area contributed by atoms with Gasteiger partial charge in [-0.2, -0.15) is 0 Å². The highest BCUT2D eigenvalue weighted by molar-refractivity contribution is 4.90. The fourth-order valence-corrected chi connectivity index (χ4v) is 3.04. The molecule has 0 aliphatic heterocycles. The quantitative estimate of drug-likeness (QED) is 0.653. The van der Waals surface area contributed by atoms with Crippen molar-refractivity contribution in [2.45, 2.75) is 58.5 Å². The van der Waals surface area contributed by atoms with Gasteiger partial charge < -0.3 is 14.8 Å². The zero-order valence-electron chi connectivity index (χ0n) is 13.3. The molecule has 114 valence electrons. The largest absolute Gasteiger partial charge is 0.382 e. The molecular formula is C16H33NO2. The van der Waals surface area contributed by atoms with E-state index in [-0.39, 0.29) is 5.60 Å². The SMILES string of the molecule is CCCNCC1(OCCOC)CCC(C(C)C)CC1. The van der Waals surface area contributed by atoms with Crippen LogP contribution in [0.2, 0.25) is 0 Å². The lowest BCUT2D eigenvalue weighted by atomic mass is 9.74. The second-order valence-corrected chi connectivity index (χ2v) is 6.28. The summed E-state index contributed by atoms with van der Waals surface area (Å²) in [5, 5.41) is 3.55. The van der Waals surface area contributed by atoms with Gasteiger partial charge in [0.1, 0.15) is 0 Å². The molecule has 0 aromatic rings. The lowest BCUT2D eigenvalue weighted by Gasteiger charge is -2.41. The van der Waals surface area contributed by atoms with E-state index in [0.29, 0.717) is 6.61 Å². The first-order chi connectivity index (χ1) is 9.13. The van der Waals surface area contributed by atoms with Crippen molar-refractivity contribution in [3.8, 4) is 0 Å². The van der Waals surface area contributed by atoms with Gasteiger partial charge in [-0.3, -0.25) is 0 Å². The maximum atomic E-state index is 6.20. The van der Waals surface area contributed by atoms with Crippen LogP contribution in [0.1, 0.15) is 52.9 Å². The number of nitrogens with one attached hydrogen (secondary N) is 1. The molecule has 0 bridgehead atoms. The molecule has 1 rings (SSSR count). The molecule has 3 nitrogen and oxygen atoms in total. The van der Waals surface area contributed by atoms with E-state index < -0.39 is 0 Å². The minimum atomic E-state index is 0.0547. The van der Waals surface area contributed by atoms with Gasteiger partial charge in [-0.05, 0) is 50.5 Å². The number of methoxy groups -OCH3 is 1. The minimum absolute atomic E-state index is 0.0547. The standard InChI is InChI=1S/C16H33NO2/c1-5-10-17-13-16(19-12-11-18-4)8-6-15(7-9-16)14(2)3/h14-15,17H,5-13H2,1-4H3. The summed E-state index contributed by atoms with van der Waals surface area (Å²) in [5.41, 5.74) is 0.0547. The molecule has 0 aromatic carbocycles. The predicted octanol–water partition coefficient (Wildman–Crippen LogP) is 3.23. The van der Waals surface area contributed by atoms with Gasteiger partial charge in [0.15, 0.2) is 0 Å². The average molecular weight is 271 g/mol. The zero-order chi connectivity index (χ0) is 14.1. The molecule has 0 amide bonds. The van der Waals surface area contributed by atoms with E-state index in [9.17, 15) is 0 Å². The summed E-state index contributed by atoms with van der Waals surface area (Å²) in [6.07, 6.45) is 6.17. The Morgan fingerprint density at radius 2 is 1.89 bits per heavy atom. The molecule has 1 N–H and O–H groups in total. The van der Waals surface area contributed by atoms with E-state index in [1.165, 1.54) is 32.1 Å². The lowest BCUT2D eigenvalue weighted by molar-refractivity contribution is -0.0916. The molecule has 0 spiro atoms. The molecule has 0 atom stereocenters. The van der Waals surface area contributed by atoms with Crippen LogP contribution in [0.5, 0.6) is 0 Å². The second-order valence-electron chi connectivity index (χ2n) is 6.28. The van der Waals surface area contributed by atoms with Gasteiger partial charge in [0.05, 0.1) is 18.8 Å². The Hall–Kier alpha value is -0.120. The highest BCUT2D eigenvalue weighted by atomic mass is 16.5. The Morgan fingerprint density at radius 1 is 1.21 bits per heavy atom. The van der Waals surface area contributed by atoms with Crippen LogP contribution in [0.25, 0.3) is 0 Å². The van der Waals surface area contributed by atoms with Crippen LogP contribution in [-0.4, -0.2) is 39.0 Å². The Labute approximate surface area is 119 Å². The van der Waals surface area contributed by atoms with E-state index in [2.05, 4.69) is 26.1 Å². The van der Waals surface area contributed by atoms with Crippen molar-refractivity contribution in [3.05, 3.63) is 0 Å². The molecule has 3 heteroatoms. The van der Waals surface area contributed by atoms with Crippen molar-refractivity contribution in [1.82, 2.24) is 5.32 Å². The van der Waals surface area contributed by atoms with Crippen molar-refractivity contribution in [1.29, 1.82) is 0 Å². The first-order valence-corrected chi connectivity index (χ1v) is 7.97. The van der Waals surface area contributed by atoms with Gasteiger partial charge in [0, 0.05) is 13.7 Å². The minimum Gasteiger partial charge on any atom is -0.382 e. The number of rotatable bonds is 9. The number of hydrogen-bond donors (Lipinski definition) is 1. The molecule has 0 aromatic heterocycles.